The summed E-state index contributed by atoms with van der Waals surface area (Å²) in [6, 6.07) is 2.02. The molecule has 31 heavy (non-hydrogen) atoms. The molecule has 0 radical (unpaired) electrons. The van der Waals surface area contributed by atoms with Crippen LogP contribution in [0.25, 0.3) is 0 Å². The SMILES string of the molecule is Fc1cc(F)c(F)c([O][Zr]([O]c2cc(F)cc(F)c2F)([C]2=CC=CC2)[C]2=CC=CC2)c1. The summed E-state index contributed by atoms with van der Waals surface area (Å²) in [5, 5.41) is 0. The molecular weight excluding hydrogens is 501 g/mol. The first-order valence-corrected chi connectivity index (χ1v) is 13.7. The van der Waals surface area contributed by atoms with E-state index in [1.54, 1.807) is 36.5 Å². The van der Waals surface area contributed by atoms with E-state index >= 15 is 0 Å². The normalized spacial score (nSPS) is 15.3. The quantitative estimate of drug-likeness (QED) is 0.317. The Morgan fingerprint density at radius 3 is 1.39 bits per heavy atom. The molecule has 0 saturated carbocycles. The molecule has 160 valence electrons. The third kappa shape index (κ3) is 4.16. The summed E-state index contributed by atoms with van der Waals surface area (Å²) in [7, 11) is 0. The van der Waals surface area contributed by atoms with E-state index < -0.39 is 67.5 Å². The van der Waals surface area contributed by atoms with Gasteiger partial charge in [0.15, 0.2) is 0 Å². The van der Waals surface area contributed by atoms with Gasteiger partial charge in [-0.05, 0) is 0 Å². The topological polar surface area (TPSA) is 18.5 Å². The Morgan fingerprint density at radius 2 is 1.03 bits per heavy atom. The van der Waals surface area contributed by atoms with Crippen molar-refractivity contribution in [2.45, 2.75) is 12.8 Å². The molecular formula is C22H14F6O2Zr. The van der Waals surface area contributed by atoms with E-state index in [0.717, 1.165) is 0 Å². The average molecular weight is 516 g/mol. The van der Waals surface area contributed by atoms with Crippen molar-refractivity contribution in [1.29, 1.82) is 0 Å². The minimum atomic E-state index is -5.13. The van der Waals surface area contributed by atoms with Crippen molar-refractivity contribution >= 4 is 0 Å². The minimum absolute atomic E-state index is 0.284. The molecule has 0 spiro atoms. The first-order chi connectivity index (χ1) is 14.8. The molecule has 2 aromatic rings. The summed E-state index contributed by atoms with van der Waals surface area (Å²) in [6.45, 7) is 0. The summed E-state index contributed by atoms with van der Waals surface area (Å²) in [6.07, 6.45) is 10.6. The van der Waals surface area contributed by atoms with Crippen molar-refractivity contribution in [2.75, 3.05) is 0 Å². The van der Waals surface area contributed by atoms with Crippen molar-refractivity contribution in [3.05, 3.63) is 102 Å². The van der Waals surface area contributed by atoms with Gasteiger partial charge in [-0.2, -0.15) is 0 Å². The number of halogens is 6. The van der Waals surface area contributed by atoms with E-state index in [1.165, 1.54) is 0 Å². The van der Waals surface area contributed by atoms with Crippen LogP contribution in [0.4, 0.5) is 26.3 Å². The van der Waals surface area contributed by atoms with Crippen LogP contribution in [-0.2, 0) is 21.1 Å². The zero-order chi connectivity index (χ0) is 22.2. The molecule has 0 aliphatic heterocycles. The van der Waals surface area contributed by atoms with Gasteiger partial charge in [-0.3, -0.25) is 0 Å². The molecule has 2 aliphatic carbocycles. The van der Waals surface area contributed by atoms with Crippen molar-refractivity contribution in [2.24, 2.45) is 0 Å². The number of allylic oxidation sites excluding steroid dienone is 8. The zero-order valence-electron chi connectivity index (χ0n) is 15.8. The fourth-order valence-corrected chi connectivity index (χ4v) is 11.5. The maximum absolute atomic E-state index is 14.5. The Hall–Kier alpha value is -2.54. The molecule has 0 fully saturated rings. The third-order valence-corrected chi connectivity index (χ3v) is 13.3. The molecule has 9 heteroatoms. The van der Waals surface area contributed by atoms with E-state index in [4.69, 9.17) is 5.63 Å². The number of benzene rings is 2. The summed E-state index contributed by atoms with van der Waals surface area (Å²) in [5.74, 6) is -9.55. The van der Waals surface area contributed by atoms with Crippen molar-refractivity contribution < 1.29 is 53.1 Å². The van der Waals surface area contributed by atoms with Crippen molar-refractivity contribution in [3.63, 3.8) is 0 Å². The van der Waals surface area contributed by atoms with E-state index in [1.807, 2.05) is 0 Å². The molecule has 0 unspecified atom stereocenters. The van der Waals surface area contributed by atoms with Crippen LogP contribution in [0.1, 0.15) is 12.8 Å². The predicted octanol–water partition coefficient (Wildman–Crippen LogP) is 6.65. The standard InChI is InChI=1S/2C6H3F3O.2C5H5.Zr/c2*7-3-1-4(8)6(9)5(10)2-3;2*1-2-4-5-3-1;/h2*1-2,10H;2*1-3H,4H2;/q;;;;+2/p-2. The monoisotopic (exact) mass is 514 g/mol. The van der Waals surface area contributed by atoms with Gasteiger partial charge >= 0.3 is 180 Å². The van der Waals surface area contributed by atoms with Gasteiger partial charge in [0.1, 0.15) is 0 Å². The molecule has 0 N–H and O–H groups in total. The molecule has 4 rings (SSSR count). The Kier molecular flexibility index (Phi) is 5.97. The second-order valence-electron chi connectivity index (χ2n) is 6.87. The zero-order valence-corrected chi connectivity index (χ0v) is 18.2. The Morgan fingerprint density at radius 1 is 0.613 bits per heavy atom. The van der Waals surface area contributed by atoms with Crippen LogP contribution in [0.5, 0.6) is 11.5 Å². The van der Waals surface area contributed by atoms with Gasteiger partial charge in [-0.25, -0.2) is 0 Å². The molecule has 0 amide bonds. The van der Waals surface area contributed by atoms with Crippen molar-refractivity contribution in [3.8, 4) is 11.5 Å². The number of hydrogen-bond acceptors (Lipinski definition) is 2. The van der Waals surface area contributed by atoms with Gasteiger partial charge in [-0.15, -0.1) is 0 Å². The van der Waals surface area contributed by atoms with Gasteiger partial charge in [0, 0.05) is 0 Å². The van der Waals surface area contributed by atoms with Crippen LogP contribution >= 0.6 is 0 Å². The van der Waals surface area contributed by atoms with Crippen LogP contribution in [0, 0.1) is 34.9 Å². The fraction of sp³-hybridized carbons (Fsp3) is 0.0909. The molecule has 0 saturated heterocycles. The van der Waals surface area contributed by atoms with Gasteiger partial charge in [0.25, 0.3) is 0 Å². The Balaban J connectivity index is 1.90. The van der Waals surface area contributed by atoms with Crippen LogP contribution < -0.4 is 5.63 Å². The van der Waals surface area contributed by atoms with Gasteiger partial charge in [0.05, 0.1) is 0 Å². The summed E-state index contributed by atoms with van der Waals surface area (Å²) >= 11 is -5.13. The van der Waals surface area contributed by atoms with Crippen LogP contribution in [0.15, 0.2) is 67.3 Å². The molecule has 0 bridgehead atoms. The van der Waals surface area contributed by atoms with E-state index in [2.05, 4.69) is 0 Å². The number of rotatable bonds is 6. The number of hydrogen-bond donors (Lipinski definition) is 0. The van der Waals surface area contributed by atoms with E-state index in [9.17, 15) is 26.3 Å². The van der Waals surface area contributed by atoms with E-state index in [-0.39, 0.29) is 12.8 Å². The average Bonchev–Trinajstić information content (AvgIpc) is 3.43. The maximum atomic E-state index is 14.5. The molecule has 2 aliphatic rings. The molecule has 0 aromatic heterocycles. The van der Waals surface area contributed by atoms with Crippen LogP contribution in [-0.4, -0.2) is 0 Å². The molecule has 0 atom stereocenters. The first kappa shape index (κ1) is 21.7. The van der Waals surface area contributed by atoms with Crippen LogP contribution in [0.3, 0.4) is 0 Å². The molecule has 2 aromatic carbocycles. The third-order valence-electron chi connectivity index (χ3n) is 4.81. The molecule has 2 nitrogen and oxygen atoms in total. The Bertz CT molecular complexity index is 1080. The summed E-state index contributed by atoms with van der Waals surface area (Å²) < 4.78 is 97.1. The van der Waals surface area contributed by atoms with Gasteiger partial charge in [-0.1, -0.05) is 0 Å². The van der Waals surface area contributed by atoms with Crippen molar-refractivity contribution in [1.82, 2.24) is 0 Å². The Labute approximate surface area is 179 Å². The van der Waals surface area contributed by atoms with Gasteiger partial charge < -0.3 is 0 Å². The molecule has 0 heterocycles. The van der Waals surface area contributed by atoms with Crippen LogP contribution in [0.2, 0.25) is 0 Å². The fourth-order valence-electron chi connectivity index (χ4n) is 3.39. The van der Waals surface area contributed by atoms with E-state index in [0.29, 0.717) is 30.8 Å². The summed E-state index contributed by atoms with van der Waals surface area (Å²) in [4.78, 5) is 0. The first-order valence-electron chi connectivity index (χ1n) is 9.19. The van der Waals surface area contributed by atoms with Gasteiger partial charge in [0.2, 0.25) is 0 Å². The second-order valence-corrected chi connectivity index (χ2v) is 14.1. The predicted molar refractivity (Wildman–Crippen MR) is 97.6 cm³/mol. The summed E-state index contributed by atoms with van der Waals surface area (Å²) in [5.41, 5.74) is 0. The second kappa shape index (κ2) is 8.54.